The summed E-state index contributed by atoms with van der Waals surface area (Å²) >= 11 is 1.29. The highest BCUT2D eigenvalue weighted by Gasteiger charge is 2.30. The number of halogens is 3. The number of carbonyl (C=O) groups is 1. The molecule has 2 rings (SSSR count). The molecule has 0 fully saturated rings. The fourth-order valence-electron chi connectivity index (χ4n) is 1.74. The van der Waals surface area contributed by atoms with E-state index >= 15 is 0 Å². The number of carbonyl (C=O) groups excluding carboxylic acids is 1. The molecule has 0 spiro atoms. The second kappa shape index (κ2) is 6.74. The van der Waals surface area contributed by atoms with Crippen LogP contribution in [-0.4, -0.2) is 17.4 Å². The van der Waals surface area contributed by atoms with Crippen molar-refractivity contribution in [2.24, 2.45) is 0 Å². The summed E-state index contributed by atoms with van der Waals surface area (Å²) in [6.45, 7) is 3.88. The molecule has 1 N–H and O–H groups in total. The molecule has 1 heterocycles. The topological polar surface area (TPSA) is 42.0 Å². The van der Waals surface area contributed by atoms with Crippen LogP contribution in [0.4, 0.5) is 13.2 Å². The quantitative estimate of drug-likeness (QED) is 0.852. The molecule has 0 saturated carbocycles. The van der Waals surface area contributed by atoms with E-state index in [9.17, 15) is 18.0 Å². The summed E-state index contributed by atoms with van der Waals surface area (Å²) in [6, 6.07) is 4.80. The lowest BCUT2D eigenvalue weighted by molar-refractivity contribution is -0.137. The molecule has 0 aliphatic carbocycles. The van der Waals surface area contributed by atoms with Gasteiger partial charge in [0.15, 0.2) is 0 Å². The smallest absolute Gasteiger partial charge is 0.352 e. The minimum atomic E-state index is -4.35. The molecule has 3 nitrogen and oxygen atoms in total. The molecular formula is C15H13F3N2OS. The third kappa shape index (κ3) is 4.17. The number of nitrogens with zero attached hydrogens (tertiary/aromatic N) is 1. The fourth-order valence-corrected chi connectivity index (χ4v) is 2.56. The van der Waals surface area contributed by atoms with Gasteiger partial charge in [0.1, 0.15) is 5.01 Å². The second-order valence-electron chi connectivity index (χ2n) is 4.49. The van der Waals surface area contributed by atoms with Gasteiger partial charge in [-0.25, -0.2) is 4.98 Å². The van der Waals surface area contributed by atoms with Crippen molar-refractivity contribution < 1.29 is 18.0 Å². The van der Waals surface area contributed by atoms with Crippen LogP contribution in [0.25, 0.3) is 10.6 Å². The van der Waals surface area contributed by atoms with Crippen LogP contribution >= 0.6 is 11.3 Å². The van der Waals surface area contributed by atoms with Crippen molar-refractivity contribution >= 4 is 17.2 Å². The van der Waals surface area contributed by atoms with Crippen LogP contribution in [-0.2, 0) is 17.4 Å². The summed E-state index contributed by atoms with van der Waals surface area (Å²) in [5, 5.41) is 4.94. The Bertz CT molecular complexity index is 662. The predicted octanol–water partition coefficient (Wildman–Crippen LogP) is 3.67. The van der Waals surface area contributed by atoms with Crippen molar-refractivity contribution in [3.05, 3.63) is 53.6 Å². The molecule has 0 atom stereocenters. The number of nitrogens with one attached hydrogen (secondary N) is 1. The molecule has 0 aliphatic heterocycles. The Morgan fingerprint density at radius 3 is 2.59 bits per heavy atom. The third-order valence-corrected chi connectivity index (χ3v) is 3.74. The Balaban J connectivity index is 2.08. The molecule has 1 amide bonds. The maximum Gasteiger partial charge on any atom is 0.416 e. The molecule has 0 unspecified atom stereocenters. The Labute approximate surface area is 129 Å². The van der Waals surface area contributed by atoms with Gasteiger partial charge in [-0.1, -0.05) is 18.2 Å². The van der Waals surface area contributed by atoms with E-state index in [-0.39, 0.29) is 12.3 Å². The van der Waals surface area contributed by atoms with Gasteiger partial charge in [0.2, 0.25) is 5.91 Å². The maximum atomic E-state index is 12.5. The number of aromatic nitrogens is 1. The Morgan fingerprint density at radius 1 is 1.32 bits per heavy atom. The highest BCUT2D eigenvalue weighted by molar-refractivity contribution is 7.13. The van der Waals surface area contributed by atoms with Crippen LogP contribution < -0.4 is 5.32 Å². The lowest BCUT2D eigenvalue weighted by Gasteiger charge is -2.06. The lowest BCUT2D eigenvalue weighted by atomic mass is 10.1. The second-order valence-corrected chi connectivity index (χ2v) is 5.35. The monoisotopic (exact) mass is 326 g/mol. The summed E-state index contributed by atoms with van der Waals surface area (Å²) in [5.41, 5.74) is 0.481. The molecule has 0 bridgehead atoms. The van der Waals surface area contributed by atoms with Crippen molar-refractivity contribution in [2.45, 2.75) is 12.6 Å². The van der Waals surface area contributed by atoms with Crippen LogP contribution in [0.1, 0.15) is 11.3 Å². The van der Waals surface area contributed by atoms with Gasteiger partial charge in [0, 0.05) is 17.5 Å². The fraction of sp³-hybridized carbons (Fsp3) is 0.200. The molecule has 2 aromatic rings. The average molecular weight is 326 g/mol. The molecule has 0 radical (unpaired) electrons. The zero-order valence-electron chi connectivity index (χ0n) is 11.5. The van der Waals surface area contributed by atoms with E-state index in [1.165, 1.54) is 23.5 Å². The minimum absolute atomic E-state index is 0.130. The van der Waals surface area contributed by atoms with Gasteiger partial charge >= 0.3 is 6.18 Å². The summed E-state index contributed by atoms with van der Waals surface area (Å²) < 4.78 is 37.5. The Hall–Kier alpha value is -2.15. The zero-order chi connectivity index (χ0) is 16.2. The SMILES string of the molecule is C=CCNC(=O)Cc1csc(-c2ccc(C(F)(F)F)cc2)n1. The maximum absolute atomic E-state index is 12.5. The standard InChI is InChI=1S/C15H13F3N2OS/c1-2-7-19-13(21)8-12-9-22-14(20-12)10-3-5-11(6-4-10)15(16,17)18/h2-6,9H,1,7-8H2,(H,19,21). The van der Waals surface area contributed by atoms with Crippen molar-refractivity contribution in [1.82, 2.24) is 10.3 Å². The van der Waals surface area contributed by atoms with Gasteiger partial charge in [0.05, 0.1) is 17.7 Å². The Kier molecular flexibility index (Phi) is 4.97. The predicted molar refractivity (Wildman–Crippen MR) is 79.5 cm³/mol. The molecular weight excluding hydrogens is 313 g/mol. The first-order chi connectivity index (χ1) is 10.4. The summed E-state index contributed by atoms with van der Waals surface area (Å²) in [4.78, 5) is 15.8. The minimum Gasteiger partial charge on any atom is -0.352 e. The zero-order valence-corrected chi connectivity index (χ0v) is 12.3. The van der Waals surface area contributed by atoms with Crippen molar-refractivity contribution in [3.8, 4) is 10.6 Å². The van der Waals surface area contributed by atoms with Crippen LogP contribution in [0.3, 0.4) is 0 Å². The first kappa shape index (κ1) is 16.2. The summed E-state index contributed by atoms with van der Waals surface area (Å²) in [6.07, 6.45) is -2.65. The number of alkyl halides is 3. The normalized spacial score (nSPS) is 11.2. The number of benzene rings is 1. The van der Waals surface area contributed by atoms with E-state index in [0.29, 0.717) is 22.8 Å². The van der Waals surface area contributed by atoms with Crippen molar-refractivity contribution in [3.63, 3.8) is 0 Å². The van der Waals surface area contributed by atoms with Gasteiger partial charge in [-0.2, -0.15) is 13.2 Å². The van der Waals surface area contributed by atoms with Gasteiger partial charge in [-0.3, -0.25) is 4.79 Å². The van der Waals surface area contributed by atoms with Crippen LogP contribution in [0, 0.1) is 0 Å². The van der Waals surface area contributed by atoms with E-state index in [0.717, 1.165) is 12.1 Å². The van der Waals surface area contributed by atoms with Gasteiger partial charge in [-0.15, -0.1) is 17.9 Å². The summed E-state index contributed by atoms with van der Waals surface area (Å²) in [5.74, 6) is -0.177. The van der Waals surface area contributed by atoms with Crippen LogP contribution in [0.15, 0.2) is 42.3 Å². The van der Waals surface area contributed by atoms with Gasteiger partial charge < -0.3 is 5.32 Å². The number of hydrogen-bond acceptors (Lipinski definition) is 3. The highest BCUT2D eigenvalue weighted by atomic mass is 32.1. The van der Waals surface area contributed by atoms with E-state index < -0.39 is 11.7 Å². The van der Waals surface area contributed by atoms with Crippen LogP contribution in [0.2, 0.25) is 0 Å². The van der Waals surface area contributed by atoms with E-state index in [1.54, 1.807) is 11.5 Å². The van der Waals surface area contributed by atoms with Crippen molar-refractivity contribution in [1.29, 1.82) is 0 Å². The van der Waals surface area contributed by atoms with E-state index in [4.69, 9.17) is 0 Å². The number of rotatable bonds is 5. The van der Waals surface area contributed by atoms with Crippen molar-refractivity contribution in [2.75, 3.05) is 6.54 Å². The highest BCUT2D eigenvalue weighted by Crippen LogP contribution is 2.31. The molecule has 0 saturated heterocycles. The van der Waals surface area contributed by atoms with Gasteiger partial charge in [0.25, 0.3) is 0 Å². The number of hydrogen-bond donors (Lipinski definition) is 1. The molecule has 0 aliphatic rings. The molecule has 116 valence electrons. The number of thiazole rings is 1. The molecule has 1 aromatic heterocycles. The molecule has 7 heteroatoms. The lowest BCUT2D eigenvalue weighted by Crippen LogP contribution is -2.25. The van der Waals surface area contributed by atoms with Gasteiger partial charge in [-0.05, 0) is 12.1 Å². The molecule has 1 aromatic carbocycles. The summed E-state index contributed by atoms with van der Waals surface area (Å²) in [7, 11) is 0. The average Bonchev–Trinajstić information content (AvgIpc) is 2.93. The first-order valence-electron chi connectivity index (χ1n) is 6.40. The van der Waals surface area contributed by atoms with E-state index in [2.05, 4.69) is 16.9 Å². The van der Waals surface area contributed by atoms with Crippen LogP contribution in [0.5, 0.6) is 0 Å². The van der Waals surface area contributed by atoms with E-state index in [1.807, 2.05) is 0 Å². The third-order valence-electron chi connectivity index (χ3n) is 2.80. The molecule has 22 heavy (non-hydrogen) atoms. The first-order valence-corrected chi connectivity index (χ1v) is 7.27. The largest absolute Gasteiger partial charge is 0.416 e. The Morgan fingerprint density at radius 2 is 2.00 bits per heavy atom. The number of amides is 1.